The van der Waals surface area contributed by atoms with E-state index in [0.717, 1.165) is 5.39 Å². The van der Waals surface area contributed by atoms with Crippen LogP contribution in [-0.4, -0.2) is 35.7 Å². The molecule has 0 saturated carbocycles. The molecule has 2 aromatic carbocycles. The van der Waals surface area contributed by atoms with Gasteiger partial charge in [-0.3, -0.25) is 0 Å². The van der Waals surface area contributed by atoms with E-state index in [1.54, 1.807) is 25.1 Å². The third-order valence-electron chi connectivity index (χ3n) is 3.78. The summed E-state index contributed by atoms with van der Waals surface area (Å²) in [6, 6.07) is 8.01. The van der Waals surface area contributed by atoms with E-state index in [-0.39, 0.29) is 18.3 Å². The van der Waals surface area contributed by atoms with E-state index in [0.29, 0.717) is 16.0 Å². The molecule has 0 bridgehead atoms. The lowest BCUT2D eigenvalue weighted by molar-refractivity contribution is -0.145. The van der Waals surface area contributed by atoms with Gasteiger partial charge in [-0.05, 0) is 13.0 Å². The first-order valence-electron chi connectivity index (χ1n) is 7.45. The van der Waals surface area contributed by atoms with Crippen molar-refractivity contribution < 1.29 is 19.4 Å². The number of hydrogen-bond acceptors (Lipinski definition) is 5. The molecule has 3 rings (SSSR count). The van der Waals surface area contributed by atoms with Crippen LogP contribution in [0.1, 0.15) is 12.5 Å². The number of benzene rings is 2. The number of esters is 1. The van der Waals surface area contributed by atoms with E-state index in [2.05, 4.69) is 11.6 Å². The second kappa shape index (κ2) is 6.53. The van der Waals surface area contributed by atoms with Crippen LogP contribution < -0.4 is 0 Å². The molecule has 5 nitrogen and oxygen atoms in total. The third-order valence-corrected chi connectivity index (χ3v) is 4.09. The minimum Gasteiger partial charge on any atom is -0.506 e. The van der Waals surface area contributed by atoms with Gasteiger partial charge < -0.3 is 14.6 Å². The average molecular weight is 346 g/mol. The number of fused-ring (bicyclic) bond motifs is 1. The number of carbonyl (C=O) groups excluding carboxylic acids is 1. The summed E-state index contributed by atoms with van der Waals surface area (Å²) in [6.07, 6.45) is 0.986. The van der Waals surface area contributed by atoms with Crippen LogP contribution >= 0.6 is 11.6 Å². The molecule has 1 aliphatic rings. The molecular formula is C18H16ClNO4. The minimum absolute atomic E-state index is 0.0149. The summed E-state index contributed by atoms with van der Waals surface area (Å²) in [5.41, 5.74) is 0.351. The molecule has 1 aliphatic heterocycles. The van der Waals surface area contributed by atoms with E-state index in [9.17, 15) is 9.90 Å². The molecule has 2 atom stereocenters. The van der Waals surface area contributed by atoms with Gasteiger partial charge in [-0.15, -0.1) is 0 Å². The van der Waals surface area contributed by atoms with Crippen LogP contribution in [0.2, 0.25) is 5.02 Å². The molecule has 124 valence electrons. The van der Waals surface area contributed by atoms with Gasteiger partial charge in [0.15, 0.2) is 6.04 Å². The Balaban J connectivity index is 2.00. The maximum absolute atomic E-state index is 12.0. The van der Waals surface area contributed by atoms with Crippen LogP contribution in [0.4, 0.5) is 0 Å². The van der Waals surface area contributed by atoms with Gasteiger partial charge in [0.2, 0.25) is 5.90 Å². The van der Waals surface area contributed by atoms with Crippen molar-refractivity contribution in [1.82, 2.24) is 0 Å². The van der Waals surface area contributed by atoms with Gasteiger partial charge in [-0.1, -0.05) is 48.5 Å². The number of hydrogen-bond donors (Lipinski definition) is 1. The summed E-state index contributed by atoms with van der Waals surface area (Å²) in [5, 5.41) is 12.3. The zero-order valence-electron chi connectivity index (χ0n) is 13.0. The van der Waals surface area contributed by atoms with Gasteiger partial charge in [0.1, 0.15) is 18.5 Å². The zero-order valence-corrected chi connectivity index (χ0v) is 13.8. The molecule has 1 N–H and O–H groups in total. The first kappa shape index (κ1) is 16.3. The SMILES string of the molecule is C=CCOC(=O)[C@H]1N=C(c2cc(Cl)c3ccccc3c2O)O[C@H]1C. The summed E-state index contributed by atoms with van der Waals surface area (Å²) < 4.78 is 10.7. The Hall–Kier alpha value is -2.53. The smallest absolute Gasteiger partial charge is 0.335 e. The molecule has 24 heavy (non-hydrogen) atoms. The van der Waals surface area contributed by atoms with E-state index < -0.39 is 18.1 Å². The Bertz CT molecular complexity index is 846. The molecule has 6 heteroatoms. The Morgan fingerprint density at radius 3 is 2.88 bits per heavy atom. The summed E-state index contributed by atoms with van der Waals surface area (Å²) in [5.74, 6) is -0.307. The van der Waals surface area contributed by atoms with Crippen molar-refractivity contribution >= 4 is 34.2 Å². The maximum atomic E-state index is 12.0. The van der Waals surface area contributed by atoms with Gasteiger partial charge in [-0.2, -0.15) is 0 Å². The highest BCUT2D eigenvalue weighted by Crippen LogP contribution is 2.36. The highest BCUT2D eigenvalue weighted by molar-refractivity contribution is 6.36. The van der Waals surface area contributed by atoms with Crippen molar-refractivity contribution in [1.29, 1.82) is 0 Å². The molecule has 0 amide bonds. The second-order valence-corrected chi connectivity index (χ2v) is 5.83. The molecule has 2 aromatic rings. The first-order chi connectivity index (χ1) is 11.5. The van der Waals surface area contributed by atoms with E-state index in [4.69, 9.17) is 21.1 Å². The Morgan fingerprint density at radius 2 is 2.17 bits per heavy atom. The highest BCUT2D eigenvalue weighted by Gasteiger charge is 2.36. The van der Waals surface area contributed by atoms with Crippen molar-refractivity contribution in [3.8, 4) is 5.75 Å². The molecule has 0 radical (unpaired) electrons. The number of phenols is 1. The van der Waals surface area contributed by atoms with Crippen LogP contribution in [0.5, 0.6) is 5.75 Å². The monoisotopic (exact) mass is 345 g/mol. The summed E-state index contributed by atoms with van der Waals surface area (Å²) >= 11 is 6.29. The molecular weight excluding hydrogens is 330 g/mol. The fraction of sp³-hybridized carbons (Fsp3) is 0.222. The van der Waals surface area contributed by atoms with E-state index in [1.165, 1.54) is 6.08 Å². The molecule has 1 heterocycles. The summed E-state index contributed by atoms with van der Waals surface area (Å²) in [7, 11) is 0. The molecule has 0 fully saturated rings. The number of nitrogens with zero attached hydrogens (tertiary/aromatic N) is 1. The van der Waals surface area contributed by atoms with Crippen molar-refractivity contribution in [3.05, 3.63) is 53.6 Å². The lowest BCUT2D eigenvalue weighted by Gasteiger charge is -2.12. The Labute approximate surface area is 144 Å². The average Bonchev–Trinajstić information content (AvgIpc) is 2.97. The number of carbonyl (C=O) groups is 1. The van der Waals surface area contributed by atoms with Gasteiger partial charge in [0.05, 0.1) is 5.56 Å². The fourth-order valence-corrected chi connectivity index (χ4v) is 2.86. The van der Waals surface area contributed by atoms with Crippen molar-refractivity contribution in [2.45, 2.75) is 19.1 Å². The van der Waals surface area contributed by atoms with Gasteiger partial charge in [0.25, 0.3) is 0 Å². The summed E-state index contributed by atoms with van der Waals surface area (Å²) in [6.45, 7) is 5.33. The number of rotatable bonds is 4. The first-order valence-corrected chi connectivity index (χ1v) is 7.83. The van der Waals surface area contributed by atoms with E-state index >= 15 is 0 Å². The molecule has 0 spiro atoms. The highest BCUT2D eigenvalue weighted by atomic mass is 35.5. The standard InChI is InChI=1S/C18H16ClNO4/c1-3-8-23-18(22)15-10(2)24-17(20-15)13-9-14(19)11-6-4-5-7-12(11)16(13)21/h3-7,9-10,15,21H,1,8H2,2H3/t10-,15-/m0/s1. The van der Waals surface area contributed by atoms with Crippen LogP contribution in [0.15, 0.2) is 48.0 Å². The van der Waals surface area contributed by atoms with Gasteiger partial charge in [0, 0.05) is 15.8 Å². The zero-order chi connectivity index (χ0) is 17.3. The Kier molecular flexibility index (Phi) is 4.44. The molecule has 0 unspecified atom stereocenters. The molecule has 0 aromatic heterocycles. The fourth-order valence-electron chi connectivity index (χ4n) is 2.58. The van der Waals surface area contributed by atoms with Gasteiger partial charge >= 0.3 is 5.97 Å². The van der Waals surface area contributed by atoms with Crippen molar-refractivity contribution in [2.24, 2.45) is 4.99 Å². The predicted molar refractivity (Wildman–Crippen MR) is 92.7 cm³/mol. The van der Waals surface area contributed by atoms with E-state index in [1.807, 2.05) is 12.1 Å². The number of phenolic OH excluding ortho intramolecular Hbond substituents is 1. The number of halogens is 1. The second-order valence-electron chi connectivity index (χ2n) is 5.42. The summed E-state index contributed by atoms with van der Waals surface area (Å²) in [4.78, 5) is 16.3. The molecule has 0 saturated heterocycles. The lowest BCUT2D eigenvalue weighted by Crippen LogP contribution is -2.29. The van der Waals surface area contributed by atoms with Crippen LogP contribution in [0, 0.1) is 0 Å². The van der Waals surface area contributed by atoms with Crippen LogP contribution in [0.3, 0.4) is 0 Å². The third kappa shape index (κ3) is 2.83. The predicted octanol–water partition coefficient (Wildman–Crippen LogP) is 3.46. The van der Waals surface area contributed by atoms with Crippen LogP contribution in [0.25, 0.3) is 10.8 Å². The van der Waals surface area contributed by atoms with Crippen molar-refractivity contribution in [2.75, 3.05) is 6.61 Å². The number of aromatic hydroxyl groups is 1. The maximum Gasteiger partial charge on any atom is 0.335 e. The number of ether oxygens (including phenoxy) is 2. The topological polar surface area (TPSA) is 68.1 Å². The van der Waals surface area contributed by atoms with Crippen LogP contribution in [-0.2, 0) is 14.3 Å². The quantitative estimate of drug-likeness (QED) is 0.680. The lowest BCUT2D eigenvalue weighted by atomic mass is 10.1. The largest absolute Gasteiger partial charge is 0.506 e. The number of aliphatic imine (C=N–C) groups is 1. The normalized spacial score (nSPS) is 19.7. The Morgan fingerprint density at radius 1 is 1.46 bits per heavy atom. The minimum atomic E-state index is -0.787. The van der Waals surface area contributed by atoms with Crippen molar-refractivity contribution in [3.63, 3.8) is 0 Å². The van der Waals surface area contributed by atoms with Gasteiger partial charge in [-0.25, -0.2) is 9.79 Å². The molecule has 0 aliphatic carbocycles.